The number of carbonyl (C=O) groups excluding carboxylic acids is 1. The van der Waals surface area contributed by atoms with Crippen LogP contribution in [0.25, 0.3) is 0 Å². The molecule has 3 atom stereocenters. The van der Waals surface area contributed by atoms with Gasteiger partial charge in [0.25, 0.3) is 0 Å². The van der Waals surface area contributed by atoms with Gasteiger partial charge >= 0.3 is 5.97 Å². The molecule has 0 amide bonds. The van der Waals surface area contributed by atoms with Gasteiger partial charge in [-0.2, -0.15) is 0 Å². The van der Waals surface area contributed by atoms with E-state index >= 15 is 0 Å². The van der Waals surface area contributed by atoms with Gasteiger partial charge in [-0.3, -0.25) is 14.3 Å². The van der Waals surface area contributed by atoms with Crippen molar-refractivity contribution in [2.24, 2.45) is 0 Å². The summed E-state index contributed by atoms with van der Waals surface area (Å²) in [4.78, 5) is 21.6. The van der Waals surface area contributed by atoms with E-state index in [1.165, 1.54) is 0 Å². The molecule has 8 heteroatoms. The molecule has 2 aromatic heterocycles. The Balaban J connectivity index is 1.27. The smallest absolute Gasteiger partial charge is 0.306 e. The molecule has 0 radical (unpaired) electrons. The van der Waals surface area contributed by atoms with Gasteiger partial charge in [-0.1, -0.05) is 38.0 Å². The molecule has 2 aliphatic carbocycles. The van der Waals surface area contributed by atoms with Gasteiger partial charge in [-0.05, 0) is 25.0 Å². The van der Waals surface area contributed by atoms with Crippen LogP contribution < -0.4 is 4.90 Å². The molecule has 2 aromatic rings. The summed E-state index contributed by atoms with van der Waals surface area (Å²) in [6.07, 6.45) is 9.75. The maximum atomic E-state index is 12.6. The predicted molar refractivity (Wildman–Crippen MR) is 134 cm³/mol. The van der Waals surface area contributed by atoms with Crippen LogP contribution in [-0.2, 0) is 16.1 Å². The molecule has 1 fully saturated rings. The van der Waals surface area contributed by atoms with Crippen molar-refractivity contribution in [2.45, 2.75) is 63.5 Å². The molecule has 8 nitrogen and oxygen atoms in total. The number of pyridine rings is 1. The lowest BCUT2D eigenvalue weighted by Gasteiger charge is -2.37. The molecule has 1 saturated heterocycles. The number of piperazine rings is 1. The van der Waals surface area contributed by atoms with E-state index in [1.807, 2.05) is 24.4 Å². The molecular formula is C27H36N4O4. The Morgan fingerprint density at radius 3 is 2.40 bits per heavy atom. The number of aromatic hydroxyl groups is 2. The number of unbranched alkanes of at least 4 members (excludes halogenated alkanes) is 2. The quantitative estimate of drug-likeness (QED) is 0.304. The Hall–Kier alpha value is -3.00. The van der Waals surface area contributed by atoms with Crippen molar-refractivity contribution < 1.29 is 19.7 Å². The zero-order valence-electron chi connectivity index (χ0n) is 20.5. The standard InChI is InChI=1S/C27H36N4O4/c1-2-3-4-8-23(32)35-21(17-29-12-14-30(15-13-29)22-7-5-6-11-28-22)18-31-26(33)24-19-9-10-20(16-19)25(24)27(31)34/h5-7,9-11,19-21,33-34H,2-4,8,12-18H2,1H3/t19-,20?,21?/m0/s1. The number of allylic oxidation sites excluding steroid dienone is 2. The number of nitrogens with zero attached hydrogens (tertiary/aromatic N) is 4. The molecule has 2 bridgehead atoms. The van der Waals surface area contributed by atoms with Gasteiger partial charge in [0, 0.05) is 68.3 Å². The SMILES string of the molecule is CCCCCC(=O)OC(CN1CCN(c2ccccn2)CC1)Cn1c(O)c2c(c1O)[C@H]1C=CC2C1. The lowest BCUT2D eigenvalue weighted by Crippen LogP contribution is -2.49. The van der Waals surface area contributed by atoms with E-state index in [2.05, 4.69) is 33.9 Å². The minimum absolute atomic E-state index is 0.112. The zero-order valence-corrected chi connectivity index (χ0v) is 20.5. The number of rotatable bonds is 10. The Kier molecular flexibility index (Phi) is 7.00. The fraction of sp³-hybridized carbons (Fsp3) is 0.556. The third kappa shape index (κ3) is 4.89. The van der Waals surface area contributed by atoms with Crippen LogP contribution in [0.2, 0.25) is 0 Å². The molecule has 0 spiro atoms. The van der Waals surface area contributed by atoms with Gasteiger partial charge in [0.1, 0.15) is 11.9 Å². The molecule has 2 unspecified atom stereocenters. The minimum Gasteiger partial charge on any atom is -0.494 e. The van der Waals surface area contributed by atoms with Gasteiger partial charge in [0.15, 0.2) is 11.8 Å². The van der Waals surface area contributed by atoms with E-state index in [0.717, 1.165) is 68.8 Å². The summed E-state index contributed by atoms with van der Waals surface area (Å²) in [7, 11) is 0. The highest BCUT2D eigenvalue weighted by Gasteiger charge is 2.41. The summed E-state index contributed by atoms with van der Waals surface area (Å²) in [6, 6.07) is 5.94. The number of hydrogen-bond donors (Lipinski definition) is 2. The van der Waals surface area contributed by atoms with E-state index in [4.69, 9.17) is 4.74 Å². The molecule has 5 rings (SSSR count). The normalized spacial score (nSPS) is 21.9. The first-order chi connectivity index (χ1) is 17.0. The van der Waals surface area contributed by atoms with Crippen molar-refractivity contribution in [3.63, 3.8) is 0 Å². The van der Waals surface area contributed by atoms with E-state index in [-0.39, 0.29) is 36.1 Å². The Morgan fingerprint density at radius 2 is 1.77 bits per heavy atom. The highest BCUT2D eigenvalue weighted by atomic mass is 16.5. The van der Waals surface area contributed by atoms with Crippen LogP contribution in [0.3, 0.4) is 0 Å². The second kappa shape index (κ2) is 10.3. The summed E-state index contributed by atoms with van der Waals surface area (Å²) >= 11 is 0. The number of hydrogen-bond acceptors (Lipinski definition) is 7. The first-order valence-corrected chi connectivity index (χ1v) is 13.0. The second-order valence-corrected chi connectivity index (χ2v) is 9.96. The highest BCUT2D eigenvalue weighted by molar-refractivity contribution is 5.69. The fourth-order valence-electron chi connectivity index (χ4n) is 5.75. The summed E-state index contributed by atoms with van der Waals surface area (Å²) in [5.74, 6) is 1.32. The lowest BCUT2D eigenvalue weighted by atomic mass is 10.0. The minimum atomic E-state index is -0.458. The molecule has 1 aliphatic heterocycles. The van der Waals surface area contributed by atoms with Crippen molar-refractivity contribution >= 4 is 11.8 Å². The van der Waals surface area contributed by atoms with Crippen LogP contribution in [0, 0.1) is 0 Å². The van der Waals surface area contributed by atoms with Crippen LogP contribution in [0.4, 0.5) is 5.82 Å². The van der Waals surface area contributed by atoms with E-state index in [9.17, 15) is 15.0 Å². The average Bonchev–Trinajstić information content (AvgIpc) is 3.55. The molecule has 188 valence electrons. The molecule has 0 aromatic carbocycles. The number of anilines is 1. The predicted octanol–water partition coefficient (Wildman–Crippen LogP) is 3.75. The molecule has 35 heavy (non-hydrogen) atoms. The number of fused-ring (bicyclic) bond motifs is 5. The Bertz CT molecular complexity index is 1020. The topological polar surface area (TPSA) is 91.1 Å². The van der Waals surface area contributed by atoms with Crippen molar-refractivity contribution in [2.75, 3.05) is 37.6 Å². The van der Waals surface area contributed by atoms with Gasteiger partial charge in [-0.15, -0.1) is 0 Å². The number of ether oxygens (including phenoxy) is 1. The molecule has 0 saturated carbocycles. The van der Waals surface area contributed by atoms with Crippen molar-refractivity contribution in [3.05, 3.63) is 47.7 Å². The van der Waals surface area contributed by atoms with Gasteiger partial charge in [0.2, 0.25) is 0 Å². The molecular weight excluding hydrogens is 444 g/mol. The fourth-order valence-corrected chi connectivity index (χ4v) is 5.75. The largest absolute Gasteiger partial charge is 0.494 e. The third-order valence-electron chi connectivity index (χ3n) is 7.58. The number of aromatic nitrogens is 2. The van der Waals surface area contributed by atoms with E-state index in [0.29, 0.717) is 13.0 Å². The second-order valence-electron chi connectivity index (χ2n) is 9.96. The van der Waals surface area contributed by atoms with Gasteiger partial charge in [0.05, 0.1) is 6.54 Å². The van der Waals surface area contributed by atoms with Crippen molar-refractivity contribution in [1.82, 2.24) is 14.5 Å². The Morgan fingerprint density at radius 1 is 1.06 bits per heavy atom. The van der Waals surface area contributed by atoms with Crippen LogP contribution in [0.15, 0.2) is 36.5 Å². The third-order valence-corrected chi connectivity index (χ3v) is 7.58. The van der Waals surface area contributed by atoms with Crippen LogP contribution in [-0.4, -0.2) is 69.5 Å². The molecule has 2 N–H and O–H groups in total. The first-order valence-electron chi connectivity index (χ1n) is 13.0. The van der Waals surface area contributed by atoms with E-state index < -0.39 is 6.10 Å². The van der Waals surface area contributed by atoms with Crippen molar-refractivity contribution in [1.29, 1.82) is 0 Å². The summed E-state index contributed by atoms with van der Waals surface area (Å²) < 4.78 is 7.48. The van der Waals surface area contributed by atoms with Crippen LogP contribution >= 0.6 is 0 Å². The molecule has 3 aliphatic rings. The van der Waals surface area contributed by atoms with Gasteiger partial charge in [-0.25, -0.2) is 4.98 Å². The number of esters is 1. The average molecular weight is 481 g/mol. The highest BCUT2D eigenvalue weighted by Crippen LogP contribution is 2.56. The Labute approximate surface area is 206 Å². The monoisotopic (exact) mass is 480 g/mol. The first kappa shape index (κ1) is 23.7. The molecule has 3 heterocycles. The van der Waals surface area contributed by atoms with Crippen molar-refractivity contribution in [3.8, 4) is 11.8 Å². The van der Waals surface area contributed by atoms with Gasteiger partial charge < -0.3 is 19.8 Å². The summed E-state index contributed by atoms with van der Waals surface area (Å²) in [6.45, 7) is 6.25. The summed E-state index contributed by atoms with van der Waals surface area (Å²) in [5.41, 5.74) is 1.68. The summed E-state index contributed by atoms with van der Waals surface area (Å²) in [5, 5.41) is 22.0. The van der Waals surface area contributed by atoms with Crippen LogP contribution in [0.1, 0.15) is 62.0 Å². The maximum Gasteiger partial charge on any atom is 0.306 e. The zero-order chi connectivity index (χ0) is 24.4. The van der Waals surface area contributed by atoms with E-state index in [1.54, 1.807) is 4.57 Å². The lowest BCUT2D eigenvalue weighted by molar-refractivity contribution is -0.151. The maximum absolute atomic E-state index is 12.6. The van der Waals surface area contributed by atoms with Crippen LogP contribution in [0.5, 0.6) is 11.8 Å². The number of carbonyl (C=O) groups is 1.